The zero-order chi connectivity index (χ0) is 12.6. The highest BCUT2D eigenvalue weighted by Gasteiger charge is 2.08. The third-order valence-electron chi connectivity index (χ3n) is 2.41. The summed E-state index contributed by atoms with van der Waals surface area (Å²) in [5, 5.41) is 9.73. The summed E-state index contributed by atoms with van der Waals surface area (Å²) in [5.74, 6) is 0.945. The first-order valence-corrected chi connectivity index (χ1v) is 6.56. The lowest BCUT2D eigenvalue weighted by Gasteiger charge is -2.07. The molecule has 1 aromatic carbocycles. The van der Waals surface area contributed by atoms with E-state index in [1.165, 1.54) is 0 Å². The van der Waals surface area contributed by atoms with E-state index in [0.717, 1.165) is 25.9 Å². The van der Waals surface area contributed by atoms with Gasteiger partial charge in [0.1, 0.15) is 15.0 Å². The van der Waals surface area contributed by atoms with E-state index in [9.17, 15) is 5.11 Å². The SMILES string of the molecule is Cc1cc(-c2nc(Br)cc(Br)n2)cc(C)c1O. The molecule has 3 nitrogen and oxygen atoms in total. The minimum Gasteiger partial charge on any atom is -0.507 e. The summed E-state index contributed by atoms with van der Waals surface area (Å²) in [6.07, 6.45) is 0. The van der Waals surface area contributed by atoms with Crippen LogP contribution in [0.15, 0.2) is 27.4 Å². The van der Waals surface area contributed by atoms with Crippen LogP contribution in [0.5, 0.6) is 5.75 Å². The summed E-state index contributed by atoms with van der Waals surface area (Å²) in [4.78, 5) is 8.62. The second-order valence-electron chi connectivity index (χ2n) is 3.80. The van der Waals surface area contributed by atoms with Crippen molar-refractivity contribution in [2.24, 2.45) is 0 Å². The maximum Gasteiger partial charge on any atom is 0.161 e. The first-order valence-electron chi connectivity index (χ1n) is 4.98. The molecule has 0 saturated heterocycles. The van der Waals surface area contributed by atoms with Gasteiger partial charge < -0.3 is 5.11 Å². The molecule has 0 bridgehead atoms. The van der Waals surface area contributed by atoms with Gasteiger partial charge in [-0.2, -0.15) is 0 Å². The fourth-order valence-corrected chi connectivity index (χ4v) is 2.68. The molecular formula is C12H10Br2N2O. The van der Waals surface area contributed by atoms with Crippen molar-refractivity contribution >= 4 is 31.9 Å². The van der Waals surface area contributed by atoms with Crippen molar-refractivity contribution in [1.82, 2.24) is 9.97 Å². The Kier molecular flexibility index (Phi) is 3.49. The van der Waals surface area contributed by atoms with Crippen molar-refractivity contribution in [3.05, 3.63) is 38.5 Å². The molecule has 0 radical (unpaired) electrons. The monoisotopic (exact) mass is 356 g/mol. The number of rotatable bonds is 1. The Morgan fingerprint density at radius 2 is 1.41 bits per heavy atom. The number of hydrogen-bond donors (Lipinski definition) is 1. The minimum absolute atomic E-state index is 0.322. The lowest BCUT2D eigenvalue weighted by molar-refractivity contribution is 0.467. The summed E-state index contributed by atoms with van der Waals surface area (Å²) in [6, 6.07) is 5.52. The number of benzene rings is 1. The van der Waals surface area contributed by atoms with Crippen LogP contribution in [0.3, 0.4) is 0 Å². The quantitative estimate of drug-likeness (QED) is 0.785. The molecule has 88 valence electrons. The minimum atomic E-state index is 0.322. The Labute approximate surface area is 116 Å². The van der Waals surface area contributed by atoms with Gasteiger partial charge in [-0.05, 0) is 69.0 Å². The molecule has 0 saturated carbocycles. The molecule has 1 heterocycles. The number of halogens is 2. The molecule has 2 aromatic rings. The second-order valence-corrected chi connectivity index (χ2v) is 5.42. The van der Waals surface area contributed by atoms with Gasteiger partial charge in [-0.1, -0.05) is 0 Å². The number of aryl methyl sites for hydroxylation is 2. The van der Waals surface area contributed by atoms with Gasteiger partial charge >= 0.3 is 0 Å². The average molecular weight is 358 g/mol. The Balaban J connectivity index is 2.60. The zero-order valence-electron chi connectivity index (χ0n) is 9.33. The van der Waals surface area contributed by atoms with E-state index in [1.54, 1.807) is 6.07 Å². The molecular weight excluding hydrogens is 348 g/mol. The van der Waals surface area contributed by atoms with Gasteiger partial charge in [0.05, 0.1) is 0 Å². The van der Waals surface area contributed by atoms with Gasteiger partial charge in [-0.3, -0.25) is 0 Å². The molecule has 5 heteroatoms. The fourth-order valence-electron chi connectivity index (χ4n) is 1.60. The van der Waals surface area contributed by atoms with E-state index in [1.807, 2.05) is 26.0 Å². The van der Waals surface area contributed by atoms with Crippen molar-refractivity contribution in [2.45, 2.75) is 13.8 Å². The van der Waals surface area contributed by atoms with Crippen LogP contribution in [0.2, 0.25) is 0 Å². The maximum atomic E-state index is 9.73. The zero-order valence-corrected chi connectivity index (χ0v) is 12.5. The summed E-state index contributed by atoms with van der Waals surface area (Å²) in [7, 11) is 0. The number of phenolic OH excluding ortho intramolecular Hbond substituents is 1. The summed E-state index contributed by atoms with van der Waals surface area (Å²) in [5.41, 5.74) is 2.53. The third-order valence-corrected chi connectivity index (χ3v) is 3.23. The molecule has 0 spiro atoms. The van der Waals surface area contributed by atoms with E-state index in [-0.39, 0.29) is 0 Å². The normalized spacial score (nSPS) is 10.6. The number of nitrogens with zero attached hydrogens (tertiary/aromatic N) is 2. The third kappa shape index (κ3) is 2.66. The summed E-state index contributed by atoms with van der Waals surface area (Å²) < 4.78 is 1.44. The molecule has 17 heavy (non-hydrogen) atoms. The highest BCUT2D eigenvalue weighted by molar-refractivity contribution is 9.11. The Morgan fingerprint density at radius 1 is 0.941 bits per heavy atom. The second kappa shape index (κ2) is 4.74. The molecule has 0 aliphatic heterocycles. The number of hydrogen-bond acceptors (Lipinski definition) is 3. The van der Waals surface area contributed by atoms with Crippen LogP contribution in [0.4, 0.5) is 0 Å². The number of aromatic nitrogens is 2. The van der Waals surface area contributed by atoms with Crippen LogP contribution in [-0.2, 0) is 0 Å². The van der Waals surface area contributed by atoms with Crippen LogP contribution in [0.25, 0.3) is 11.4 Å². The number of phenols is 1. The van der Waals surface area contributed by atoms with Gasteiger partial charge in [-0.25, -0.2) is 9.97 Å². The lowest BCUT2D eigenvalue weighted by Crippen LogP contribution is -1.92. The van der Waals surface area contributed by atoms with E-state index >= 15 is 0 Å². The van der Waals surface area contributed by atoms with Gasteiger partial charge in [0.2, 0.25) is 0 Å². The van der Waals surface area contributed by atoms with Crippen LogP contribution < -0.4 is 0 Å². The van der Waals surface area contributed by atoms with Crippen molar-refractivity contribution in [2.75, 3.05) is 0 Å². The summed E-state index contributed by atoms with van der Waals surface area (Å²) >= 11 is 6.66. The molecule has 0 amide bonds. The molecule has 2 rings (SSSR count). The van der Waals surface area contributed by atoms with E-state index < -0.39 is 0 Å². The first kappa shape index (κ1) is 12.5. The van der Waals surface area contributed by atoms with E-state index in [0.29, 0.717) is 11.6 Å². The Morgan fingerprint density at radius 3 is 1.88 bits per heavy atom. The van der Waals surface area contributed by atoms with Gasteiger partial charge in [0.25, 0.3) is 0 Å². The maximum absolute atomic E-state index is 9.73. The van der Waals surface area contributed by atoms with Crippen molar-refractivity contribution in [1.29, 1.82) is 0 Å². The van der Waals surface area contributed by atoms with Crippen LogP contribution in [0.1, 0.15) is 11.1 Å². The Bertz CT molecular complexity index is 541. The average Bonchev–Trinajstić information content (AvgIpc) is 2.23. The molecule has 1 aromatic heterocycles. The number of aromatic hydroxyl groups is 1. The first-order chi connectivity index (χ1) is 7.97. The van der Waals surface area contributed by atoms with Gasteiger partial charge in [-0.15, -0.1) is 0 Å². The van der Waals surface area contributed by atoms with Gasteiger partial charge in [0, 0.05) is 11.6 Å². The van der Waals surface area contributed by atoms with Crippen LogP contribution in [-0.4, -0.2) is 15.1 Å². The molecule has 1 N–H and O–H groups in total. The lowest BCUT2D eigenvalue weighted by atomic mass is 10.1. The predicted octanol–water partition coefficient (Wildman–Crippen LogP) is 3.99. The van der Waals surface area contributed by atoms with Crippen molar-refractivity contribution in [3.63, 3.8) is 0 Å². The standard InChI is InChI=1S/C12H10Br2N2O/c1-6-3-8(4-7(2)11(6)17)12-15-9(13)5-10(14)16-12/h3-5,17H,1-2H3. The predicted molar refractivity (Wildman–Crippen MR) is 74.0 cm³/mol. The van der Waals surface area contributed by atoms with Crippen LogP contribution >= 0.6 is 31.9 Å². The summed E-state index contributed by atoms with van der Waals surface area (Å²) in [6.45, 7) is 3.72. The molecule has 0 aliphatic rings. The van der Waals surface area contributed by atoms with Gasteiger partial charge in [0.15, 0.2) is 5.82 Å². The molecule has 0 atom stereocenters. The molecule has 0 aliphatic carbocycles. The van der Waals surface area contributed by atoms with Crippen LogP contribution in [0, 0.1) is 13.8 Å². The fraction of sp³-hybridized carbons (Fsp3) is 0.167. The largest absolute Gasteiger partial charge is 0.507 e. The smallest absolute Gasteiger partial charge is 0.161 e. The highest BCUT2D eigenvalue weighted by atomic mass is 79.9. The van der Waals surface area contributed by atoms with E-state index in [2.05, 4.69) is 41.8 Å². The Hall–Kier alpha value is -0.940. The topological polar surface area (TPSA) is 46.0 Å². The highest BCUT2D eigenvalue weighted by Crippen LogP contribution is 2.28. The van der Waals surface area contributed by atoms with Crippen molar-refractivity contribution < 1.29 is 5.11 Å². The molecule has 0 unspecified atom stereocenters. The molecule has 0 fully saturated rings. The van der Waals surface area contributed by atoms with Crippen molar-refractivity contribution in [3.8, 4) is 17.1 Å². The van der Waals surface area contributed by atoms with E-state index in [4.69, 9.17) is 0 Å².